The monoisotopic (exact) mass is 283 g/mol. The zero-order chi connectivity index (χ0) is 15.5. The van der Waals surface area contributed by atoms with Crippen molar-refractivity contribution in [2.75, 3.05) is 18.6 Å². The van der Waals surface area contributed by atoms with E-state index in [9.17, 15) is 20.0 Å². The number of methoxy groups -OCH3 is 1. The van der Waals surface area contributed by atoms with Gasteiger partial charge in [0.15, 0.2) is 0 Å². The van der Waals surface area contributed by atoms with Crippen LogP contribution in [0.1, 0.15) is 20.8 Å². The van der Waals surface area contributed by atoms with Gasteiger partial charge in [0.1, 0.15) is 5.54 Å². The molecule has 0 aromatic carbocycles. The van der Waals surface area contributed by atoms with Crippen LogP contribution < -0.4 is 9.64 Å². The molecule has 8 nitrogen and oxygen atoms in total. The van der Waals surface area contributed by atoms with Gasteiger partial charge in [0, 0.05) is 18.7 Å². The Labute approximate surface area is 116 Å². The van der Waals surface area contributed by atoms with Gasteiger partial charge in [-0.15, -0.1) is 0 Å². The number of likely N-dealkylation sites (N-methyl/N-ethyl adjacent to an activating group) is 1. The van der Waals surface area contributed by atoms with Crippen molar-refractivity contribution in [2.45, 2.75) is 26.3 Å². The first-order chi connectivity index (χ1) is 9.25. The summed E-state index contributed by atoms with van der Waals surface area (Å²) in [5.41, 5.74) is -1.60. The molecule has 0 spiro atoms. The molecule has 1 aromatic rings. The van der Waals surface area contributed by atoms with Crippen LogP contribution in [0.3, 0.4) is 0 Å². The first-order valence-electron chi connectivity index (χ1n) is 5.96. The highest BCUT2D eigenvalue weighted by Gasteiger charge is 2.38. The molecule has 0 bridgehead atoms. The Morgan fingerprint density at radius 1 is 1.55 bits per heavy atom. The zero-order valence-corrected chi connectivity index (χ0v) is 11.8. The fraction of sp³-hybridized carbons (Fsp3) is 0.500. The van der Waals surface area contributed by atoms with Gasteiger partial charge in [-0.25, -0.2) is 4.79 Å². The van der Waals surface area contributed by atoms with Crippen molar-refractivity contribution in [3.8, 4) is 5.88 Å². The lowest BCUT2D eigenvalue weighted by molar-refractivity contribution is -0.384. The summed E-state index contributed by atoms with van der Waals surface area (Å²) < 4.78 is 4.95. The molecule has 0 atom stereocenters. The van der Waals surface area contributed by atoms with Crippen LogP contribution in [-0.2, 0) is 4.79 Å². The predicted molar refractivity (Wildman–Crippen MR) is 72.2 cm³/mol. The van der Waals surface area contributed by atoms with E-state index < -0.39 is 16.4 Å². The van der Waals surface area contributed by atoms with E-state index in [0.29, 0.717) is 0 Å². The van der Waals surface area contributed by atoms with Gasteiger partial charge >= 0.3 is 11.7 Å². The van der Waals surface area contributed by atoms with Crippen molar-refractivity contribution >= 4 is 17.5 Å². The fourth-order valence-electron chi connectivity index (χ4n) is 1.80. The molecule has 8 heteroatoms. The normalized spacial score (nSPS) is 11.0. The van der Waals surface area contributed by atoms with Crippen molar-refractivity contribution in [1.29, 1.82) is 0 Å². The summed E-state index contributed by atoms with van der Waals surface area (Å²) in [6.45, 7) is 4.88. The van der Waals surface area contributed by atoms with Gasteiger partial charge in [-0.2, -0.15) is 4.98 Å². The van der Waals surface area contributed by atoms with Crippen molar-refractivity contribution in [3.63, 3.8) is 0 Å². The minimum atomic E-state index is -1.33. The van der Waals surface area contributed by atoms with Gasteiger partial charge in [0.05, 0.1) is 12.0 Å². The Bertz CT molecular complexity index is 530. The number of hydrogen-bond acceptors (Lipinski definition) is 6. The van der Waals surface area contributed by atoms with Crippen molar-refractivity contribution in [2.24, 2.45) is 0 Å². The van der Waals surface area contributed by atoms with Gasteiger partial charge in [0.25, 0.3) is 0 Å². The smallest absolute Gasteiger partial charge is 0.329 e. The van der Waals surface area contributed by atoms with Crippen molar-refractivity contribution in [1.82, 2.24) is 4.98 Å². The molecule has 0 unspecified atom stereocenters. The molecule has 1 rings (SSSR count). The third kappa shape index (κ3) is 2.79. The number of carbonyl (C=O) groups is 1. The van der Waals surface area contributed by atoms with Crippen molar-refractivity contribution < 1.29 is 19.6 Å². The molecule has 0 amide bonds. The Hall–Kier alpha value is -2.38. The number of aliphatic carboxylic acids is 1. The average Bonchev–Trinajstić information content (AvgIpc) is 2.38. The summed E-state index contributed by atoms with van der Waals surface area (Å²) in [5.74, 6) is -0.937. The highest BCUT2D eigenvalue weighted by Crippen LogP contribution is 2.32. The quantitative estimate of drug-likeness (QED) is 0.625. The maximum absolute atomic E-state index is 11.4. The summed E-state index contributed by atoms with van der Waals surface area (Å²) in [6, 6.07) is 2.62. The number of nitro groups is 1. The molecule has 0 aliphatic heterocycles. The van der Waals surface area contributed by atoms with Crippen LogP contribution in [0.4, 0.5) is 11.5 Å². The molecule has 1 aromatic heterocycles. The van der Waals surface area contributed by atoms with E-state index >= 15 is 0 Å². The lowest BCUT2D eigenvalue weighted by Crippen LogP contribution is -2.50. The third-order valence-electron chi connectivity index (χ3n) is 3.00. The molecule has 110 valence electrons. The average molecular weight is 283 g/mol. The highest BCUT2D eigenvalue weighted by molar-refractivity contribution is 5.83. The Morgan fingerprint density at radius 3 is 2.55 bits per heavy atom. The van der Waals surface area contributed by atoms with Crippen LogP contribution in [0, 0.1) is 10.1 Å². The number of carboxylic acid groups (broad SMARTS) is 1. The lowest BCUT2D eigenvalue weighted by atomic mass is 10.0. The molecule has 0 saturated heterocycles. The minimum absolute atomic E-state index is 0.0238. The fourth-order valence-corrected chi connectivity index (χ4v) is 1.80. The number of ether oxygens (including phenoxy) is 1. The van der Waals surface area contributed by atoms with Gasteiger partial charge < -0.3 is 14.7 Å². The molecular weight excluding hydrogens is 266 g/mol. The Morgan fingerprint density at radius 2 is 2.15 bits per heavy atom. The van der Waals surface area contributed by atoms with Crippen LogP contribution in [0.5, 0.6) is 5.88 Å². The van der Waals surface area contributed by atoms with E-state index in [1.807, 2.05) is 0 Å². The number of carboxylic acids is 1. The number of rotatable bonds is 6. The van der Waals surface area contributed by atoms with E-state index in [2.05, 4.69) is 4.98 Å². The number of aromatic nitrogens is 1. The molecule has 0 aliphatic rings. The number of pyridine rings is 1. The second kappa shape index (κ2) is 5.72. The number of hydrogen-bond donors (Lipinski definition) is 1. The maximum Gasteiger partial charge on any atom is 0.329 e. The lowest BCUT2D eigenvalue weighted by Gasteiger charge is -2.34. The summed E-state index contributed by atoms with van der Waals surface area (Å²) in [6.07, 6.45) is 0. The van der Waals surface area contributed by atoms with Crippen LogP contribution in [0.2, 0.25) is 0 Å². The largest absolute Gasteiger partial charge is 0.481 e. The van der Waals surface area contributed by atoms with Crippen LogP contribution in [-0.4, -0.2) is 40.2 Å². The topological polar surface area (TPSA) is 106 Å². The predicted octanol–water partition coefficient (Wildman–Crippen LogP) is 1.69. The molecule has 0 radical (unpaired) electrons. The van der Waals surface area contributed by atoms with Gasteiger partial charge in [-0.05, 0) is 20.8 Å². The standard InChI is InChI=1S/C12H17N3O5/c1-5-14(12(2,3)11(16)17)10-8(15(18)19)6-7-9(13-10)20-4/h6-7H,5H2,1-4H3,(H,16,17). The molecule has 0 fully saturated rings. The number of anilines is 1. The first-order valence-corrected chi connectivity index (χ1v) is 5.96. The summed E-state index contributed by atoms with van der Waals surface area (Å²) in [4.78, 5) is 27.2. The SMILES string of the molecule is CCN(c1nc(OC)ccc1[N+](=O)[O-])C(C)(C)C(=O)O. The molecule has 0 aliphatic carbocycles. The number of nitrogens with zero attached hydrogens (tertiary/aromatic N) is 3. The van der Waals surface area contributed by atoms with E-state index in [1.165, 1.54) is 38.0 Å². The van der Waals surface area contributed by atoms with Gasteiger partial charge in [-0.3, -0.25) is 10.1 Å². The second-order valence-corrected chi connectivity index (χ2v) is 4.56. The first kappa shape index (κ1) is 15.7. The molecular formula is C12H17N3O5. The van der Waals surface area contributed by atoms with E-state index in [4.69, 9.17) is 4.74 Å². The second-order valence-electron chi connectivity index (χ2n) is 4.56. The molecule has 1 heterocycles. The molecule has 20 heavy (non-hydrogen) atoms. The summed E-state index contributed by atoms with van der Waals surface area (Å²) >= 11 is 0. The van der Waals surface area contributed by atoms with E-state index in [-0.39, 0.29) is 23.9 Å². The highest BCUT2D eigenvalue weighted by atomic mass is 16.6. The van der Waals surface area contributed by atoms with Crippen LogP contribution >= 0.6 is 0 Å². The van der Waals surface area contributed by atoms with Crippen molar-refractivity contribution in [3.05, 3.63) is 22.2 Å². The molecule has 1 N–H and O–H groups in total. The summed E-state index contributed by atoms with van der Waals surface area (Å²) in [7, 11) is 1.39. The molecule has 0 saturated carbocycles. The summed E-state index contributed by atoms with van der Waals surface area (Å²) in [5, 5.41) is 20.4. The maximum atomic E-state index is 11.4. The third-order valence-corrected chi connectivity index (χ3v) is 3.00. The van der Waals surface area contributed by atoms with Crippen LogP contribution in [0.15, 0.2) is 12.1 Å². The van der Waals surface area contributed by atoms with Crippen LogP contribution in [0.25, 0.3) is 0 Å². The Kier molecular flexibility index (Phi) is 4.49. The van der Waals surface area contributed by atoms with E-state index in [1.54, 1.807) is 6.92 Å². The Balaban J connectivity index is 3.47. The van der Waals surface area contributed by atoms with E-state index in [0.717, 1.165) is 0 Å². The minimum Gasteiger partial charge on any atom is -0.481 e. The zero-order valence-electron chi connectivity index (χ0n) is 11.8. The van der Waals surface area contributed by atoms with Gasteiger partial charge in [0.2, 0.25) is 11.7 Å². The van der Waals surface area contributed by atoms with Gasteiger partial charge in [-0.1, -0.05) is 0 Å².